The van der Waals surface area contributed by atoms with Gasteiger partial charge in [-0.3, -0.25) is 9.59 Å². The van der Waals surface area contributed by atoms with Crippen LogP contribution in [0.4, 0.5) is 0 Å². The van der Waals surface area contributed by atoms with Crippen LogP contribution in [0.1, 0.15) is 16.8 Å². The molecule has 1 rings (SSSR count). The van der Waals surface area contributed by atoms with Crippen molar-refractivity contribution in [2.45, 2.75) is 6.42 Å². The van der Waals surface area contributed by atoms with Crippen molar-refractivity contribution in [1.82, 2.24) is 14.9 Å². The second-order valence-corrected chi connectivity index (χ2v) is 3.64. The standard InChI is InChI=1S/C11H15N3O5/c1-14(5-4-7(15)16)11(17)8-9(18-2)12-6-13-10(8)19-3/h6H,4-5H2,1-3H3,(H,15,16). The maximum Gasteiger partial charge on any atom is 0.305 e. The van der Waals surface area contributed by atoms with Crippen LogP contribution in [0.2, 0.25) is 0 Å². The van der Waals surface area contributed by atoms with Crippen LogP contribution >= 0.6 is 0 Å². The molecule has 104 valence electrons. The van der Waals surface area contributed by atoms with Crippen molar-refractivity contribution in [3.8, 4) is 11.8 Å². The van der Waals surface area contributed by atoms with Gasteiger partial charge in [-0.25, -0.2) is 9.97 Å². The van der Waals surface area contributed by atoms with E-state index in [0.29, 0.717) is 0 Å². The smallest absolute Gasteiger partial charge is 0.305 e. The van der Waals surface area contributed by atoms with Gasteiger partial charge in [0.2, 0.25) is 11.8 Å². The van der Waals surface area contributed by atoms with Crippen molar-refractivity contribution in [3.05, 3.63) is 11.9 Å². The van der Waals surface area contributed by atoms with E-state index in [1.807, 2.05) is 0 Å². The lowest BCUT2D eigenvalue weighted by Crippen LogP contribution is -2.30. The molecule has 0 unspecified atom stereocenters. The van der Waals surface area contributed by atoms with Crippen molar-refractivity contribution in [2.24, 2.45) is 0 Å². The number of nitrogens with zero attached hydrogens (tertiary/aromatic N) is 3. The first-order valence-corrected chi connectivity index (χ1v) is 5.41. The van der Waals surface area contributed by atoms with Gasteiger partial charge in [0.15, 0.2) is 5.56 Å². The number of carbonyl (C=O) groups is 2. The molecule has 19 heavy (non-hydrogen) atoms. The van der Waals surface area contributed by atoms with Gasteiger partial charge in [0.05, 0.1) is 20.6 Å². The van der Waals surface area contributed by atoms with Gasteiger partial charge in [-0.05, 0) is 0 Å². The molecule has 1 heterocycles. The zero-order chi connectivity index (χ0) is 14.4. The predicted octanol–water partition coefficient (Wildman–Crippen LogP) is 0.0405. The number of methoxy groups -OCH3 is 2. The molecule has 0 aliphatic rings. The number of hydrogen-bond acceptors (Lipinski definition) is 6. The first kappa shape index (κ1) is 14.7. The molecular formula is C11H15N3O5. The summed E-state index contributed by atoms with van der Waals surface area (Å²) in [5.41, 5.74) is 0.0698. The summed E-state index contributed by atoms with van der Waals surface area (Å²) in [5.74, 6) is -1.28. The number of rotatable bonds is 6. The lowest BCUT2D eigenvalue weighted by molar-refractivity contribution is -0.137. The zero-order valence-corrected chi connectivity index (χ0v) is 10.9. The Morgan fingerprint density at radius 1 is 1.26 bits per heavy atom. The molecule has 0 spiro atoms. The number of carboxylic acids is 1. The van der Waals surface area contributed by atoms with Gasteiger partial charge in [-0.2, -0.15) is 0 Å². The third kappa shape index (κ3) is 3.54. The minimum atomic E-state index is -0.983. The minimum Gasteiger partial charge on any atom is -0.481 e. The number of carboxylic acid groups (broad SMARTS) is 1. The Bertz CT molecular complexity index is 455. The van der Waals surface area contributed by atoms with Gasteiger partial charge in [0.25, 0.3) is 5.91 Å². The van der Waals surface area contributed by atoms with E-state index in [1.54, 1.807) is 0 Å². The first-order chi connectivity index (χ1) is 9.01. The Hall–Kier alpha value is -2.38. The Labute approximate surface area is 110 Å². The summed E-state index contributed by atoms with van der Waals surface area (Å²) in [6, 6.07) is 0. The third-order valence-electron chi connectivity index (χ3n) is 2.39. The molecule has 8 nitrogen and oxygen atoms in total. The molecule has 1 aromatic heterocycles. The molecule has 0 aliphatic heterocycles. The molecule has 1 amide bonds. The minimum absolute atomic E-state index is 0.0649. The highest BCUT2D eigenvalue weighted by Gasteiger charge is 2.24. The molecule has 1 N–H and O–H groups in total. The largest absolute Gasteiger partial charge is 0.481 e. The highest BCUT2D eigenvalue weighted by molar-refractivity contribution is 5.98. The molecule has 8 heteroatoms. The molecule has 0 fully saturated rings. The predicted molar refractivity (Wildman–Crippen MR) is 64.3 cm³/mol. The third-order valence-corrected chi connectivity index (χ3v) is 2.39. The summed E-state index contributed by atoms with van der Waals surface area (Å²) in [5, 5.41) is 8.60. The highest BCUT2D eigenvalue weighted by atomic mass is 16.5. The van der Waals surface area contributed by atoms with E-state index in [0.717, 1.165) is 0 Å². The van der Waals surface area contributed by atoms with E-state index >= 15 is 0 Å². The number of amides is 1. The normalized spacial score (nSPS) is 9.84. The molecule has 0 saturated carbocycles. The zero-order valence-electron chi connectivity index (χ0n) is 10.9. The second-order valence-electron chi connectivity index (χ2n) is 3.64. The van der Waals surface area contributed by atoms with Crippen LogP contribution < -0.4 is 9.47 Å². The van der Waals surface area contributed by atoms with Crippen LogP contribution in [-0.2, 0) is 4.79 Å². The number of ether oxygens (including phenoxy) is 2. The van der Waals surface area contributed by atoms with E-state index in [9.17, 15) is 9.59 Å². The average molecular weight is 269 g/mol. The maximum absolute atomic E-state index is 12.2. The number of hydrogen-bond donors (Lipinski definition) is 1. The fourth-order valence-electron chi connectivity index (χ4n) is 1.40. The summed E-state index contributed by atoms with van der Waals surface area (Å²) in [6.07, 6.45) is 1.06. The molecule has 1 aromatic rings. The number of aromatic nitrogens is 2. The van der Waals surface area contributed by atoms with Crippen LogP contribution in [0.25, 0.3) is 0 Å². The van der Waals surface area contributed by atoms with Crippen LogP contribution in [-0.4, -0.2) is 59.7 Å². The van der Waals surface area contributed by atoms with Crippen LogP contribution in [0, 0.1) is 0 Å². The van der Waals surface area contributed by atoms with E-state index < -0.39 is 11.9 Å². The van der Waals surface area contributed by atoms with E-state index in [2.05, 4.69) is 9.97 Å². The van der Waals surface area contributed by atoms with Crippen molar-refractivity contribution < 1.29 is 24.2 Å². The molecule has 0 bridgehead atoms. The number of aliphatic carboxylic acids is 1. The average Bonchev–Trinajstić information content (AvgIpc) is 2.42. The van der Waals surface area contributed by atoms with Crippen molar-refractivity contribution in [3.63, 3.8) is 0 Å². The fraction of sp³-hybridized carbons (Fsp3) is 0.455. The van der Waals surface area contributed by atoms with Gasteiger partial charge in [0, 0.05) is 13.6 Å². The highest BCUT2D eigenvalue weighted by Crippen LogP contribution is 2.24. The van der Waals surface area contributed by atoms with Gasteiger partial charge < -0.3 is 19.5 Å². The Morgan fingerprint density at radius 2 is 1.79 bits per heavy atom. The van der Waals surface area contributed by atoms with Crippen molar-refractivity contribution in [1.29, 1.82) is 0 Å². The molecule has 0 atom stereocenters. The van der Waals surface area contributed by atoms with Gasteiger partial charge in [0.1, 0.15) is 6.33 Å². The molecule has 0 saturated heterocycles. The van der Waals surface area contributed by atoms with Crippen LogP contribution in [0.5, 0.6) is 11.8 Å². The Kier molecular flexibility index (Phi) is 5.04. The van der Waals surface area contributed by atoms with Crippen molar-refractivity contribution in [2.75, 3.05) is 27.8 Å². The topological polar surface area (TPSA) is 102 Å². The van der Waals surface area contributed by atoms with E-state index in [4.69, 9.17) is 14.6 Å². The van der Waals surface area contributed by atoms with Gasteiger partial charge >= 0.3 is 5.97 Å². The van der Waals surface area contributed by atoms with Crippen molar-refractivity contribution >= 4 is 11.9 Å². The van der Waals surface area contributed by atoms with Crippen LogP contribution in [0.3, 0.4) is 0 Å². The summed E-state index contributed by atoms with van der Waals surface area (Å²) in [4.78, 5) is 31.6. The SMILES string of the molecule is COc1ncnc(OC)c1C(=O)N(C)CCC(=O)O. The van der Waals surface area contributed by atoms with Gasteiger partial charge in [-0.15, -0.1) is 0 Å². The monoisotopic (exact) mass is 269 g/mol. The quantitative estimate of drug-likeness (QED) is 0.777. The summed E-state index contributed by atoms with van der Waals surface area (Å²) < 4.78 is 9.98. The Balaban J connectivity index is 3.00. The lowest BCUT2D eigenvalue weighted by Gasteiger charge is -2.18. The van der Waals surface area contributed by atoms with Crippen LogP contribution in [0.15, 0.2) is 6.33 Å². The molecular weight excluding hydrogens is 254 g/mol. The fourth-order valence-corrected chi connectivity index (χ4v) is 1.40. The van der Waals surface area contributed by atoms with Gasteiger partial charge in [-0.1, -0.05) is 0 Å². The Morgan fingerprint density at radius 3 is 2.21 bits per heavy atom. The van der Waals surface area contributed by atoms with E-state index in [1.165, 1.54) is 32.5 Å². The summed E-state index contributed by atoms with van der Waals surface area (Å²) >= 11 is 0. The number of carbonyl (C=O) groups excluding carboxylic acids is 1. The second kappa shape index (κ2) is 6.53. The summed E-state index contributed by atoms with van der Waals surface area (Å²) in [6.45, 7) is 0.0649. The first-order valence-electron chi connectivity index (χ1n) is 5.41. The lowest BCUT2D eigenvalue weighted by atomic mass is 10.2. The maximum atomic E-state index is 12.2. The molecule has 0 aliphatic carbocycles. The molecule has 0 radical (unpaired) electrons. The van der Waals surface area contributed by atoms with E-state index in [-0.39, 0.29) is 30.3 Å². The molecule has 0 aromatic carbocycles. The summed E-state index contributed by atoms with van der Waals surface area (Å²) in [7, 11) is 4.22.